The monoisotopic (exact) mass is 325 g/mol. The first-order chi connectivity index (χ1) is 11.7. The number of rotatable bonds is 3. The number of hydrogen-bond acceptors (Lipinski definition) is 5. The first-order valence-electron chi connectivity index (χ1n) is 8.17. The van der Waals surface area contributed by atoms with Gasteiger partial charge in [-0.05, 0) is 11.5 Å². The van der Waals surface area contributed by atoms with Crippen LogP contribution < -0.4 is 10.3 Å². The minimum atomic E-state index is -0.505. The summed E-state index contributed by atoms with van der Waals surface area (Å²) in [5.41, 5.74) is 3.85. The van der Waals surface area contributed by atoms with Crippen molar-refractivity contribution in [3.8, 4) is 0 Å². The average molecular weight is 325 g/mol. The minimum absolute atomic E-state index is 0.165. The Labute approximate surface area is 139 Å². The summed E-state index contributed by atoms with van der Waals surface area (Å²) < 4.78 is 5.31. The van der Waals surface area contributed by atoms with Gasteiger partial charge in [0.25, 0.3) is 5.91 Å². The van der Waals surface area contributed by atoms with E-state index in [1.54, 1.807) is 0 Å². The minimum Gasteiger partial charge on any atom is -0.379 e. The molecule has 1 atom stereocenters. The van der Waals surface area contributed by atoms with Gasteiger partial charge in [-0.2, -0.15) is 0 Å². The molecule has 0 spiro atoms. The maximum Gasteiger partial charge on any atom is 0.252 e. The lowest BCUT2D eigenvalue weighted by molar-refractivity contribution is -0.122. The number of nitrogens with one attached hydrogen (secondary N) is 1. The average Bonchev–Trinajstić information content (AvgIpc) is 2.89. The van der Waals surface area contributed by atoms with Crippen molar-refractivity contribution in [2.75, 3.05) is 31.2 Å². The maximum absolute atomic E-state index is 12.8. The molecule has 2 aliphatic rings. The number of nitrogens with zero attached hydrogens (tertiary/aromatic N) is 2. The molecule has 0 aliphatic carbocycles. The van der Waals surface area contributed by atoms with E-state index in [0.29, 0.717) is 32.0 Å². The summed E-state index contributed by atoms with van der Waals surface area (Å²) in [7, 11) is 0. The Kier molecular flexibility index (Phi) is 4.02. The van der Waals surface area contributed by atoms with Crippen molar-refractivity contribution in [1.29, 1.82) is 0 Å². The second-order valence-electron chi connectivity index (χ2n) is 6.05. The molecule has 2 amide bonds. The maximum atomic E-state index is 12.8. The number of carbonyl (C=O) groups is 2. The van der Waals surface area contributed by atoms with Crippen molar-refractivity contribution < 1.29 is 14.3 Å². The van der Waals surface area contributed by atoms with E-state index in [4.69, 9.17) is 4.74 Å². The van der Waals surface area contributed by atoms with Crippen LogP contribution in [0.25, 0.3) is 10.8 Å². The number of ether oxygens (including phenoxy) is 1. The van der Waals surface area contributed by atoms with Crippen molar-refractivity contribution >= 4 is 28.3 Å². The Morgan fingerprint density at radius 1 is 1.00 bits per heavy atom. The van der Waals surface area contributed by atoms with Crippen molar-refractivity contribution in [3.05, 3.63) is 42.5 Å². The molecule has 0 unspecified atom stereocenters. The van der Waals surface area contributed by atoms with Crippen LogP contribution in [-0.4, -0.2) is 49.2 Å². The summed E-state index contributed by atoms with van der Waals surface area (Å²) in [6.07, 6.45) is 0.180. The molecule has 2 fully saturated rings. The molecule has 0 aromatic heterocycles. The molecule has 2 saturated heterocycles. The molecule has 4 rings (SSSR count). The molecule has 1 N–H and O–H groups in total. The van der Waals surface area contributed by atoms with Crippen molar-refractivity contribution in [2.45, 2.75) is 12.5 Å². The van der Waals surface area contributed by atoms with E-state index in [9.17, 15) is 9.59 Å². The summed E-state index contributed by atoms with van der Waals surface area (Å²) in [4.78, 5) is 26.6. The normalized spacial score (nSPS) is 22.5. The highest BCUT2D eigenvalue weighted by atomic mass is 16.5. The number of benzene rings is 2. The van der Waals surface area contributed by atoms with Crippen LogP contribution in [0.1, 0.15) is 6.42 Å². The van der Waals surface area contributed by atoms with Gasteiger partial charge in [-0.25, -0.2) is 15.3 Å². The molecule has 0 radical (unpaired) electrons. The van der Waals surface area contributed by atoms with Gasteiger partial charge in [-0.1, -0.05) is 36.4 Å². The molecule has 24 heavy (non-hydrogen) atoms. The predicted molar refractivity (Wildman–Crippen MR) is 90.4 cm³/mol. The molecule has 0 saturated carbocycles. The van der Waals surface area contributed by atoms with Crippen LogP contribution in [0.3, 0.4) is 0 Å². The van der Waals surface area contributed by atoms with Gasteiger partial charge < -0.3 is 4.74 Å². The lowest BCUT2D eigenvalue weighted by atomic mass is 10.1. The number of morpholine rings is 1. The van der Waals surface area contributed by atoms with Gasteiger partial charge in [0, 0.05) is 18.5 Å². The number of hydrazine groups is 1. The fourth-order valence-corrected chi connectivity index (χ4v) is 3.30. The second-order valence-corrected chi connectivity index (χ2v) is 6.05. The van der Waals surface area contributed by atoms with Crippen molar-refractivity contribution in [1.82, 2.24) is 10.4 Å². The standard InChI is InChI=1S/C18H19N3O3/c22-17-12-15(19-20-8-10-24-11-9-20)18(23)21(17)16-7-3-5-13-4-1-2-6-14(13)16/h1-7,15,19H,8-12H2/t15-/m0/s1. The summed E-state index contributed by atoms with van der Waals surface area (Å²) in [6, 6.07) is 13.0. The van der Waals surface area contributed by atoms with Crippen molar-refractivity contribution in [2.24, 2.45) is 0 Å². The zero-order chi connectivity index (χ0) is 16.5. The number of carbonyl (C=O) groups excluding carboxylic acids is 2. The van der Waals surface area contributed by atoms with E-state index in [-0.39, 0.29) is 18.2 Å². The van der Waals surface area contributed by atoms with Crippen LogP contribution in [0.5, 0.6) is 0 Å². The highest BCUT2D eigenvalue weighted by Gasteiger charge is 2.40. The van der Waals surface area contributed by atoms with E-state index >= 15 is 0 Å². The van der Waals surface area contributed by atoms with Gasteiger partial charge in [-0.15, -0.1) is 0 Å². The highest BCUT2D eigenvalue weighted by molar-refractivity contribution is 6.25. The van der Waals surface area contributed by atoms with Crippen LogP contribution in [-0.2, 0) is 14.3 Å². The Morgan fingerprint density at radius 3 is 2.58 bits per heavy atom. The van der Waals surface area contributed by atoms with E-state index in [1.165, 1.54) is 4.90 Å². The van der Waals surface area contributed by atoms with E-state index in [0.717, 1.165) is 10.8 Å². The van der Waals surface area contributed by atoms with Gasteiger partial charge in [0.15, 0.2) is 0 Å². The van der Waals surface area contributed by atoms with Crippen molar-refractivity contribution in [3.63, 3.8) is 0 Å². The van der Waals surface area contributed by atoms with Crippen LogP contribution in [0.15, 0.2) is 42.5 Å². The summed E-state index contributed by atoms with van der Waals surface area (Å²) in [5, 5.41) is 3.89. The van der Waals surface area contributed by atoms with Crippen LogP contribution >= 0.6 is 0 Å². The first kappa shape index (κ1) is 15.3. The van der Waals surface area contributed by atoms with Gasteiger partial charge in [0.05, 0.1) is 25.3 Å². The number of imide groups is 1. The highest BCUT2D eigenvalue weighted by Crippen LogP contribution is 2.30. The van der Waals surface area contributed by atoms with Gasteiger partial charge in [0.1, 0.15) is 6.04 Å². The molecule has 6 heteroatoms. The predicted octanol–water partition coefficient (Wildman–Crippen LogP) is 1.31. The summed E-state index contributed by atoms with van der Waals surface area (Å²) >= 11 is 0. The third kappa shape index (κ3) is 2.69. The number of amides is 2. The molecule has 2 heterocycles. The van der Waals surface area contributed by atoms with Gasteiger partial charge in [0.2, 0.25) is 5.91 Å². The number of hydrogen-bond donors (Lipinski definition) is 1. The molecular weight excluding hydrogens is 306 g/mol. The lowest BCUT2D eigenvalue weighted by Crippen LogP contribution is -2.52. The van der Waals surface area contributed by atoms with Crippen LogP contribution in [0.2, 0.25) is 0 Å². The van der Waals surface area contributed by atoms with E-state index in [2.05, 4.69) is 5.43 Å². The Bertz CT molecular complexity index is 781. The Balaban J connectivity index is 1.61. The third-order valence-electron chi connectivity index (χ3n) is 4.50. The molecule has 124 valence electrons. The fraction of sp³-hybridized carbons (Fsp3) is 0.333. The molecule has 0 bridgehead atoms. The topological polar surface area (TPSA) is 61.9 Å². The first-order valence-corrected chi connectivity index (χ1v) is 8.17. The van der Waals surface area contributed by atoms with E-state index in [1.807, 2.05) is 47.5 Å². The van der Waals surface area contributed by atoms with Gasteiger partial charge >= 0.3 is 0 Å². The van der Waals surface area contributed by atoms with Crippen LogP contribution in [0, 0.1) is 0 Å². The largest absolute Gasteiger partial charge is 0.379 e. The number of fused-ring (bicyclic) bond motifs is 1. The third-order valence-corrected chi connectivity index (χ3v) is 4.50. The Morgan fingerprint density at radius 2 is 1.75 bits per heavy atom. The summed E-state index contributed by atoms with van der Waals surface area (Å²) in [6.45, 7) is 2.70. The van der Waals surface area contributed by atoms with E-state index < -0.39 is 6.04 Å². The van der Waals surface area contributed by atoms with Gasteiger partial charge in [-0.3, -0.25) is 9.59 Å². The SMILES string of the molecule is O=C1C[C@H](NN2CCOCC2)C(=O)N1c1cccc2ccccc12. The molecule has 2 aromatic carbocycles. The fourth-order valence-electron chi connectivity index (χ4n) is 3.30. The Hall–Kier alpha value is -2.28. The van der Waals surface area contributed by atoms with Crippen LogP contribution in [0.4, 0.5) is 5.69 Å². The second kappa shape index (κ2) is 6.32. The smallest absolute Gasteiger partial charge is 0.252 e. The molecule has 2 aromatic rings. The number of anilines is 1. The summed E-state index contributed by atoms with van der Waals surface area (Å²) in [5.74, 6) is -0.357. The zero-order valence-corrected chi connectivity index (χ0v) is 13.3. The molecular formula is C18H19N3O3. The lowest BCUT2D eigenvalue weighted by Gasteiger charge is -2.29. The molecule has 6 nitrogen and oxygen atoms in total. The molecule has 2 aliphatic heterocycles. The quantitative estimate of drug-likeness (QED) is 0.862. The zero-order valence-electron chi connectivity index (χ0n) is 13.3.